The maximum atomic E-state index is 5.72. The summed E-state index contributed by atoms with van der Waals surface area (Å²) >= 11 is 3.52. The molecular formula is C9H11BrN2. The van der Waals surface area contributed by atoms with Crippen LogP contribution in [0.4, 0.5) is 0 Å². The predicted molar refractivity (Wildman–Crippen MR) is 51.9 cm³/mol. The Kier molecular flexibility index (Phi) is 1.93. The summed E-state index contributed by atoms with van der Waals surface area (Å²) in [5.74, 6) is 0. The van der Waals surface area contributed by atoms with Crippen molar-refractivity contribution in [2.45, 2.75) is 18.3 Å². The first kappa shape index (κ1) is 8.20. The molecule has 2 N–H and O–H groups in total. The van der Waals surface area contributed by atoms with Gasteiger partial charge in [0, 0.05) is 28.8 Å². The first-order valence-electron chi connectivity index (χ1n) is 4.08. The van der Waals surface area contributed by atoms with E-state index in [4.69, 9.17) is 5.73 Å². The molecule has 0 bridgehead atoms. The summed E-state index contributed by atoms with van der Waals surface area (Å²) in [7, 11) is 0. The topological polar surface area (TPSA) is 38.9 Å². The summed E-state index contributed by atoms with van der Waals surface area (Å²) < 4.78 is 1.14. The van der Waals surface area contributed by atoms with Gasteiger partial charge in [-0.3, -0.25) is 4.98 Å². The van der Waals surface area contributed by atoms with E-state index in [1.165, 1.54) is 18.4 Å². The zero-order chi connectivity index (χ0) is 8.60. The summed E-state index contributed by atoms with van der Waals surface area (Å²) in [5, 5.41) is 0. The van der Waals surface area contributed by atoms with Gasteiger partial charge in [0.15, 0.2) is 0 Å². The van der Waals surface area contributed by atoms with Crippen LogP contribution >= 0.6 is 15.9 Å². The number of aromatic nitrogens is 1. The first-order valence-corrected chi connectivity index (χ1v) is 4.88. The van der Waals surface area contributed by atoms with E-state index >= 15 is 0 Å². The Morgan fingerprint density at radius 1 is 1.58 bits per heavy atom. The van der Waals surface area contributed by atoms with Crippen LogP contribution in [-0.2, 0) is 5.41 Å². The maximum Gasteiger partial charge on any atom is 0.0317 e. The van der Waals surface area contributed by atoms with E-state index in [2.05, 4.69) is 20.9 Å². The molecule has 1 heterocycles. The van der Waals surface area contributed by atoms with E-state index in [9.17, 15) is 0 Å². The molecule has 0 radical (unpaired) electrons. The van der Waals surface area contributed by atoms with Gasteiger partial charge in [0.2, 0.25) is 0 Å². The average molecular weight is 227 g/mol. The third kappa shape index (κ3) is 1.17. The Morgan fingerprint density at radius 3 is 2.83 bits per heavy atom. The van der Waals surface area contributed by atoms with E-state index < -0.39 is 0 Å². The number of rotatable bonds is 2. The fourth-order valence-electron chi connectivity index (χ4n) is 1.50. The number of hydrogen-bond acceptors (Lipinski definition) is 2. The van der Waals surface area contributed by atoms with Crippen LogP contribution in [-0.4, -0.2) is 11.5 Å². The molecular weight excluding hydrogens is 216 g/mol. The number of nitrogens with two attached hydrogens (primary N) is 1. The van der Waals surface area contributed by atoms with Gasteiger partial charge in [-0.2, -0.15) is 0 Å². The molecule has 1 aliphatic rings. The summed E-state index contributed by atoms with van der Waals surface area (Å²) in [6, 6.07) is 1.98. The van der Waals surface area contributed by atoms with Crippen LogP contribution in [0, 0.1) is 0 Å². The van der Waals surface area contributed by atoms with Crippen molar-refractivity contribution in [1.29, 1.82) is 0 Å². The zero-order valence-corrected chi connectivity index (χ0v) is 8.34. The molecule has 2 rings (SSSR count). The molecule has 1 saturated carbocycles. The Labute approximate surface area is 80.3 Å². The summed E-state index contributed by atoms with van der Waals surface area (Å²) in [5.41, 5.74) is 7.24. The molecule has 64 valence electrons. The highest BCUT2D eigenvalue weighted by atomic mass is 79.9. The summed E-state index contributed by atoms with van der Waals surface area (Å²) in [6.45, 7) is 0.733. The average Bonchev–Trinajstić information content (AvgIpc) is 2.86. The zero-order valence-electron chi connectivity index (χ0n) is 6.76. The monoisotopic (exact) mass is 226 g/mol. The van der Waals surface area contributed by atoms with Crippen molar-refractivity contribution >= 4 is 15.9 Å². The number of hydrogen-bond donors (Lipinski definition) is 1. The molecule has 1 aromatic rings. The highest BCUT2D eigenvalue weighted by molar-refractivity contribution is 9.10. The second-order valence-corrected chi connectivity index (χ2v) is 4.19. The molecule has 1 aliphatic carbocycles. The highest BCUT2D eigenvalue weighted by Crippen LogP contribution is 2.49. The van der Waals surface area contributed by atoms with Crippen molar-refractivity contribution in [3.8, 4) is 0 Å². The van der Waals surface area contributed by atoms with E-state index in [0.717, 1.165) is 11.0 Å². The van der Waals surface area contributed by atoms with Gasteiger partial charge >= 0.3 is 0 Å². The Morgan fingerprint density at radius 2 is 2.33 bits per heavy atom. The molecule has 0 unspecified atom stereocenters. The van der Waals surface area contributed by atoms with Crippen molar-refractivity contribution in [2.24, 2.45) is 5.73 Å². The maximum absolute atomic E-state index is 5.72. The predicted octanol–water partition coefficient (Wildman–Crippen LogP) is 1.83. The van der Waals surface area contributed by atoms with Gasteiger partial charge in [0.25, 0.3) is 0 Å². The molecule has 0 amide bonds. The van der Waals surface area contributed by atoms with E-state index in [0.29, 0.717) is 0 Å². The lowest BCUT2D eigenvalue weighted by Gasteiger charge is -2.13. The van der Waals surface area contributed by atoms with Crippen molar-refractivity contribution in [3.63, 3.8) is 0 Å². The van der Waals surface area contributed by atoms with Crippen LogP contribution in [0.5, 0.6) is 0 Å². The van der Waals surface area contributed by atoms with Crippen molar-refractivity contribution in [3.05, 3.63) is 28.5 Å². The summed E-state index contributed by atoms with van der Waals surface area (Å²) in [4.78, 5) is 4.11. The van der Waals surface area contributed by atoms with Gasteiger partial charge in [0.05, 0.1) is 0 Å². The van der Waals surface area contributed by atoms with Crippen LogP contribution < -0.4 is 5.73 Å². The van der Waals surface area contributed by atoms with E-state index in [1.807, 2.05) is 12.3 Å². The lowest BCUT2D eigenvalue weighted by Crippen LogP contribution is -2.20. The Bertz CT molecular complexity index is 294. The fourth-order valence-corrected chi connectivity index (χ4v) is 2.14. The molecule has 0 aromatic carbocycles. The molecule has 2 nitrogen and oxygen atoms in total. The Balaban J connectivity index is 2.40. The second-order valence-electron chi connectivity index (χ2n) is 3.34. The summed E-state index contributed by atoms with van der Waals surface area (Å²) in [6.07, 6.45) is 6.12. The van der Waals surface area contributed by atoms with E-state index in [1.54, 1.807) is 6.20 Å². The molecule has 0 atom stereocenters. The quantitative estimate of drug-likeness (QED) is 0.837. The standard InChI is InChI=1S/C9H11BrN2/c10-8-1-4-12-5-7(8)9(6-11)2-3-9/h1,4-5H,2-3,6,11H2. The van der Waals surface area contributed by atoms with Crippen LogP contribution in [0.15, 0.2) is 22.9 Å². The van der Waals surface area contributed by atoms with Gasteiger partial charge < -0.3 is 5.73 Å². The minimum absolute atomic E-state index is 0.243. The van der Waals surface area contributed by atoms with Gasteiger partial charge in [-0.15, -0.1) is 0 Å². The largest absolute Gasteiger partial charge is 0.330 e. The molecule has 1 fully saturated rings. The second kappa shape index (κ2) is 2.82. The minimum Gasteiger partial charge on any atom is -0.330 e. The van der Waals surface area contributed by atoms with Gasteiger partial charge in [-0.25, -0.2) is 0 Å². The number of nitrogens with zero attached hydrogens (tertiary/aromatic N) is 1. The van der Waals surface area contributed by atoms with Crippen molar-refractivity contribution < 1.29 is 0 Å². The van der Waals surface area contributed by atoms with E-state index in [-0.39, 0.29) is 5.41 Å². The SMILES string of the molecule is NCC1(c2cnccc2Br)CC1. The first-order chi connectivity index (χ1) is 5.78. The molecule has 1 aromatic heterocycles. The molecule has 0 spiro atoms. The minimum atomic E-state index is 0.243. The smallest absolute Gasteiger partial charge is 0.0317 e. The van der Waals surface area contributed by atoms with Crippen LogP contribution in [0.25, 0.3) is 0 Å². The number of halogens is 1. The lowest BCUT2D eigenvalue weighted by atomic mass is 9.98. The molecule has 3 heteroatoms. The molecule has 12 heavy (non-hydrogen) atoms. The van der Waals surface area contributed by atoms with Crippen LogP contribution in [0.1, 0.15) is 18.4 Å². The third-order valence-corrected chi connectivity index (χ3v) is 3.28. The fraction of sp³-hybridized carbons (Fsp3) is 0.444. The van der Waals surface area contributed by atoms with Gasteiger partial charge in [-0.05, 0) is 24.5 Å². The molecule has 0 aliphatic heterocycles. The van der Waals surface area contributed by atoms with Gasteiger partial charge in [0.1, 0.15) is 0 Å². The van der Waals surface area contributed by atoms with Crippen LogP contribution in [0.3, 0.4) is 0 Å². The highest BCUT2D eigenvalue weighted by Gasteiger charge is 2.44. The van der Waals surface area contributed by atoms with Gasteiger partial charge in [-0.1, -0.05) is 15.9 Å². The third-order valence-electron chi connectivity index (χ3n) is 2.58. The van der Waals surface area contributed by atoms with Crippen LogP contribution in [0.2, 0.25) is 0 Å². The van der Waals surface area contributed by atoms with Crippen molar-refractivity contribution in [2.75, 3.05) is 6.54 Å². The van der Waals surface area contributed by atoms with Crippen molar-refractivity contribution in [1.82, 2.24) is 4.98 Å². The Hall–Kier alpha value is -0.410. The molecule has 0 saturated heterocycles. The number of pyridine rings is 1. The normalized spacial score (nSPS) is 19.2. The lowest BCUT2D eigenvalue weighted by molar-refractivity contribution is 0.697.